The maximum Gasteiger partial charge on any atom is 0.305 e. The summed E-state index contributed by atoms with van der Waals surface area (Å²) in [6.07, 6.45) is 17.2. The molecule has 0 saturated carbocycles. The van der Waals surface area contributed by atoms with Gasteiger partial charge in [-0.25, -0.2) is 0 Å². The smallest absolute Gasteiger partial charge is 0.305 e. The summed E-state index contributed by atoms with van der Waals surface area (Å²) in [5.41, 5.74) is 0. The Morgan fingerprint density at radius 1 is 0.815 bits per heavy atom. The molecule has 0 saturated heterocycles. The lowest BCUT2D eigenvalue weighted by atomic mass is 10.0. The molecule has 0 aliphatic heterocycles. The van der Waals surface area contributed by atoms with Crippen molar-refractivity contribution in [1.82, 2.24) is 0 Å². The van der Waals surface area contributed by atoms with Gasteiger partial charge < -0.3 is 14.2 Å². The molecule has 0 aliphatic carbocycles. The van der Waals surface area contributed by atoms with Crippen LogP contribution in [0.15, 0.2) is 11.8 Å². The van der Waals surface area contributed by atoms with Crippen LogP contribution in [-0.4, -0.2) is 32.4 Å². The molecular weight excluding hydrogens is 340 g/mol. The zero-order valence-corrected chi connectivity index (χ0v) is 18.4. The summed E-state index contributed by atoms with van der Waals surface area (Å²) in [4.78, 5) is 11.3. The Kier molecular flexibility index (Phi) is 19.0. The van der Waals surface area contributed by atoms with Crippen LogP contribution < -0.4 is 0 Å². The van der Waals surface area contributed by atoms with Crippen LogP contribution in [0.2, 0.25) is 0 Å². The third kappa shape index (κ3) is 16.8. The number of rotatable bonds is 19. The van der Waals surface area contributed by atoms with Crippen molar-refractivity contribution in [3.63, 3.8) is 0 Å². The second-order valence-electron chi connectivity index (χ2n) is 7.11. The lowest BCUT2D eigenvalue weighted by Gasteiger charge is -2.16. The van der Waals surface area contributed by atoms with Crippen molar-refractivity contribution in [2.45, 2.75) is 110 Å². The third-order valence-corrected chi connectivity index (χ3v) is 4.71. The first-order valence-electron chi connectivity index (χ1n) is 11.2. The molecule has 1 atom stereocenters. The molecule has 0 amide bonds. The van der Waals surface area contributed by atoms with Crippen molar-refractivity contribution >= 4 is 5.97 Å². The second kappa shape index (κ2) is 19.7. The Morgan fingerprint density at radius 2 is 1.44 bits per heavy atom. The Balaban J connectivity index is 4.15. The van der Waals surface area contributed by atoms with E-state index in [9.17, 15) is 4.79 Å². The molecule has 0 rings (SSSR count). The van der Waals surface area contributed by atoms with Crippen molar-refractivity contribution in [2.75, 3.05) is 20.3 Å². The minimum atomic E-state index is -0.165. The van der Waals surface area contributed by atoms with Crippen LogP contribution >= 0.6 is 0 Å². The summed E-state index contributed by atoms with van der Waals surface area (Å²) in [6.45, 7) is 7.64. The lowest BCUT2D eigenvalue weighted by Crippen LogP contribution is -2.12. The highest BCUT2D eigenvalue weighted by Gasteiger charge is 2.10. The van der Waals surface area contributed by atoms with Crippen molar-refractivity contribution in [3.8, 4) is 0 Å². The van der Waals surface area contributed by atoms with Crippen molar-refractivity contribution in [3.05, 3.63) is 11.8 Å². The minimum absolute atomic E-state index is 0.110. The number of ether oxygens (including phenoxy) is 3. The first-order valence-corrected chi connectivity index (χ1v) is 11.2. The van der Waals surface area contributed by atoms with Crippen molar-refractivity contribution in [1.29, 1.82) is 0 Å². The van der Waals surface area contributed by atoms with Gasteiger partial charge in [0, 0.05) is 19.4 Å². The van der Waals surface area contributed by atoms with E-state index in [1.807, 2.05) is 13.8 Å². The number of carbonyl (C=O) groups is 1. The molecule has 0 fully saturated rings. The standard InChI is InChI=1S/C23H44O4/c1-5-8-9-10-11-12-13-14-15-17-21(26-6-2)20-22(27-7-3)18-16-19-23(24)25-4/h20-21H,5-19H2,1-4H3/b22-20+/t21-/m1/s1. The van der Waals surface area contributed by atoms with Crippen molar-refractivity contribution < 1.29 is 19.0 Å². The van der Waals surface area contributed by atoms with Crippen LogP contribution in [0.1, 0.15) is 104 Å². The number of unbranched alkanes of at least 4 members (excludes halogenated alkanes) is 8. The van der Waals surface area contributed by atoms with Gasteiger partial charge in [0.05, 0.1) is 25.6 Å². The van der Waals surface area contributed by atoms with Gasteiger partial charge in [-0.05, 0) is 32.8 Å². The molecule has 0 N–H and O–H groups in total. The molecule has 27 heavy (non-hydrogen) atoms. The van der Waals surface area contributed by atoms with Crippen LogP contribution in [0.5, 0.6) is 0 Å². The SMILES string of the molecule is CCCCCCCCCCC[C@H](/C=C(\CCCC(=O)OC)OCC)OCC. The molecule has 0 aliphatic rings. The molecule has 0 aromatic heterocycles. The fourth-order valence-electron chi connectivity index (χ4n) is 3.19. The average molecular weight is 385 g/mol. The van der Waals surface area contributed by atoms with E-state index in [0.717, 1.165) is 25.0 Å². The van der Waals surface area contributed by atoms with Gasteiger partial charge in [-0.15, -0.1) is 0 Å². The van der Waals surface area contributed by atoms with E-state index in [0.29, 0.717) is 19.6 Å². The first-order chi connectivity index (χ1) is 13.2. The minimum Gasteiger partial charge on any atom is -0.498 e. The summed E-state index contributed by atoms with van der Waals surface area (Å²) >= 11 is 0. The van der Waals surface area contributed by atoms with E-state index in [1.54, 1.807) is 0 Å². The Bertz CT molecular complexity index is 365. The Morgan fingerprint density at radius 3 is 2.00 bits per heavy atom. The maximum atomic E-state index is 11.3. The summed E-state index contributed by atoms with van der Waals surface area (Å²) in [6, 6.07) is 0. The van der Waals surface area contributed by atoms with E-state index in [1.165, 1.54) is 64.9 Å². The van der Waals surface area contributed by atoms with Crippen molar-refractivity contribution in [2.24, 2.45) is 0 Å². The van der Waals surface area contributed by atoms with Gasteiger partial charge in [-0.2, -0.15) is 0 Å². The first kappa shape index (κ1) is 26.0. The Hall–Kier alpha value is -1.03. The zero-order valence-electron chi connectivity index (χ0n) is 18.4. The van der Waals surface area contributed by atoms with Gasteiger partial charge in [-0.1, -0.05) is 64.7 Å². The van der Waals surface area contributed by atoms with Gasteiger partial charge >= 0.3 is 5.97 Å². The quantitative estimate of drug-likeness (QED) is 0.143. The van der Waals surface area contributed by atoms with E-state index >= 15 is 0 Å². The van der Waals surface area contributed by atoms with Gasteiger partial charge in [0.2, 0.25) is 0 Å². The molecule has 0 heterocycles. The number of esters is 1. The number of hydrogen-bond acceptors (Lipinski definition) is 4. The maximum absolute atomic E-state index is 11.3. The fourth-order valence-corrected chi connectivity index (χ4v) is 3.19. The zero-order chi connectivity index (χ0) is 20.2. The summed E-state index contributed by atoms with van der Waals surface area (Å²) in [5.74, 6) is 0.776. The van der Waals surface area contributed by atoms with E-state index < -0.39 is 0 Å². The lowest BCUT2D eigenvalue weighted by molar-refractivity contribution is -0.140. The number of hydrogen-bond donors (Lipinski definition) is 0. The third-order valence-electron chi connectivity index (χ3n) is 4.71. The predicted molar refractivity (Wildman–Crippen MR) is 113 cm³/mol. The number of allylic oxidation sites excluding steroid dienone is 1. The monoisotopic (exact) mass is 384 g/mol. The van der Waals surface area contributed by atoms with Crippen LogP contribution in [0.25, 0.3) is 0 Å². The van der Waals surface area contributed by atoms with Gasteiger partial charge in [0.25, 0.3) is 0 Å². The topological polar surface area (TPSA) is 44.8 Å². The van der Waals surface area contributed by atoms with Gasteiger partial charge in [-0.3, -0.25) is 4.79 Å². The molecule has 4 nitrogen and oxygen atoms in total. The number of carbonyl (C=O) groups excluding carboxylic acids is 1. The van der Waals surface area contributed by atoms with E-state index in [4.69, 9.17) is 14.2 Å². The Labute approximate surface area is 168 Å². The van der Waals surface area contributed by atoms with Crippen LogP contribution in [0, 0.1) is 0 Å². The second-order valence-corrected chi connectivity index (χ2v) is 7.11. The van der Waals surface area contributed by atoms with E-state index in [-0.39, 0.29) is 12.1 Å². The highest BCUT2D eigenvalue weighted by molar-refractivity contribution is 5.69. The summed E-state index contributed by atoms with van der Waals surface area (Å²) in [7, 11) is 1.43. The highest BCUT2D eigenvalue weighted by atomic mass is 16.5. The van der Waals surface area contributed by atoms with Crippen LogP contribution in [0.4, 0.5) is 0 Å². The predicted octanol–water partition coefficient (Wildman–Crippen LogP) is 6.58. The largest absolute Gasteiger partial charge is 0.498 e. The summed E-state index contributed by atoms with van der Waals surface area (Å²) in [5, 5.41) is 0. The van der Waals surface area contributed by atoms with E-state index in [2.05, 4.69) is 13.0 Å². The molecule has 0 spiro atoms. The molecule has 160 valence electrons. The molecule has 0 bridgehead atoms. The molecular formula is C23H44O4. The molecule has 4 heteroatoms. The molecule has 0 radical (unpaired) electrons. The number of methoxy groups -OCH3 is 1. The molecule has 0 aromatic carbocycles. The van der Waals surface area contributed by atoms with Gasteiger partial charge in [0.15, 0.2) is 0 Å². The van der Waals surface area contributed by atoms with Gasteiger partial charge in [0.1, 0.15) is 0 Å². The normalized spacial score (nSPS) is 12.8. The highest BCUT2D eigenvalue weighted by Crippen LogP contribution is 2.17. The van der Waals surface area contributed by atoms with Crippen LogP contribution in [0.3, 0.4) is 0 Å². The fraction of sp³-hybridized carbons (Fsp3) is 0.870. The van der Waals surface area contributed by atoms with Crippen LogP contribution in [-0.2, 0) is 19.0 Å². The summed E-state index contributed by atoms with van der Waals surface area (Å²) < 4.78 is 16.3. The molecule has 0 unspecified atom stereocenters. The molecule has 0 aromatic rings. The average Bonchev–Trinajstić information content (AvgIpc) is 2.66.